The lowest BCUT2D eigenvalue weighted by Gasteiger charge is -2.43. The van der Waals surface area contributed by atoms with E-state index in [1.807, 2.05) is 30.3 Å². The number of anilines is 1. The van der Waals surface area contributed by atoms with Gasteiger partial charge in [0.1, 0.15) is 5.75 Å². The highest BCUT2D eigenvalue weighted by molar-refractivity contribution is 6.30. The molecule has 0 aromatic heterocycles. The first-order valence-corrected chi connectivity index (χ1v) is 10.5. The first-order chi connectivity index (χ1) is 13.7. The predicted octanol–water partition coefficient (Wildman–Crippen LogP) is 4.46. The maximum absolute atomic E-state index is 13.3. The second-order valence-corrected chi connectivity index (χ2v) is 8.55. The maximum atomic E-state index is 13.3. The molecule has 0 saturated carbocycles. The van der Waals surface area contributed by atoms with Crippen molar-refractivity contribution in [2.75, 3.05) is 25.1 Å². The zero-order valence-corrected chi connectivity index (χ0v) is 16.9. The summed E-state index contributed by atoms with van der Waals surface area (Å²) in [6.07, 6.45) is 3.97. The summed E-state index contributed by atoms with van der Waals surface area (Å²) < 4.78 is 5.51. The number of hydrogen-bond donors (Lipinski definition) is 0. The van der Waals surface area contributed by atoms with Crippen molar-refractivity contribution in [3.05, 3.63) is 58.6 Å². The number of carbonyl (C=O) groups excluding carboxylic acids is 1. The Balaban J connectivity index is 1.49. The highest BCUT2D eigenvalue weighted by Gasteiger charge is 2.49. The lowest BCUT2D eigenvalue weighted by molar-refractivity contribution is -0.131. The zero-order valence-electron chi connectivity index (χ0n) is 16.1. The number of amides is 1. The average molecular weight is 397 g/mol. The molecule has 0 radical (unpaired) electrons. The lowest BCUT2D eigenvalue weighted by Crippen LogP contribution is -2.45. The first-order valence-electron chi connectivity index (χ1n) is 10.1. The Morgan fingerprint density at radius 1 is 1.14 bits per heavy atom. The van der Waals surface area contributed by atoms with E-state index in [2.05, 4.69) is 21.9 Å². The molecule has 0 unspecified atom stereocenters. The Labute approximate surface area is 171 Å². The van der Waals surface area contributed by atoms with Gasteiger partial charge in [0, 0.05) is 41.3 Å². The van der Waals surface area contributed by atoms with E-state index in [4.69, 9.17) is 16.3 Å². The number of likely N-dealkylation sites (tertiary alicyclic amines) is 1. The minimum atomic E-state index is 0.157. The maximum Gasteiger partial charge on any atom is 0.227 e. The van der Waals surface area contributed by atoms with Gasteiger partial charge >= 0.3 is 0 Å². The highest BCUT2D eigenvalue weighted by atomic mass is 35.5. The van der Waals surface area contributed by atoms with Crippen molar-refractivity contribution in [2.45, 2.75) is 37.8 Å². The van der Waals surface area contributed by atoms with Gasteiger partial charge in [-0.25, -0.2) is 0 Å². The summed E-state index contributed by atoms with van der Waals surface area (Å²) in [5.41, 5.74) is 3.56. The van der Waals surface area contributed by atoms with E-state index in [1.54, 1.807) is 7.11 Å². The predicted molar refractivity (Wildman–Crippen MR) is 111 cm³/mol. The molecule has 2 fully saturated rings. The first kappa shape index (κ1) is 17.9. The lowest BCUT2D eigenvalue weighted by atomic mass is 9.81. The minimum absolute atomic E-state index is 0.157. The molecule has 4 nitrogen and oxygen atoms in total. The SMILES string of the molecule is COc1ccc2c(c1)[C@H]1[C@H](CCN1C(=O)Cc1ccc(Cl)cc1)[C@H]1CCCN21. The molecule has 2 aromatic rings. The van der Waals surface area contributed by atoms with E-state index in [0.29, 0.717) is 23.4 Å². The average Bonchev–Trinajstić information content (AvgIpc) is 3.36. The van der Waals surface area contributed by atoms with Gasteiger partial charge in [0.2, 0.25) is 5.91 Å². The van der Waals surface area contributed by atoms with Gasteiger partial charge in [-0.1, -0.05) is 23.7 Å². The van der Waals surface area contributed by atoms with E-state index in [1.165, 1.54) is 24.1 Å². The summed E-state index contributed by atoms with van der Waals surface area (Å²) in [5, 5.41) is 0.701. The summed E-state index contributed by atoms with van der Waals surface area (Å²) in [6, 6.07) is 14.7. The van der Waals surface area contributed by atoms with Crippen molar-refractivity contribution in [1.82, 2.24) is 4.90 Å². The van der Waals surface area contributed by atoms with Crippen LogP contribution in [0.1, 0.15) is 36.4 Å². The van der Waals surface area contributed by atoms with E-state index < -0.39 is 0 Å². The Hall–Kier alpha value is -2.20. The Kier molecular flexibility index (Phi) is 4.47. The number of rotatable bonds is 3. The van der Waals surface area contributed by atoms with Crippen LogP contribution in [0.3, 0.4) is 0 Å². The number of ether oxygens (including phenoxy) is 1. The topological polar surface area (TPSA) is 32.8 Å². The summed E-state index contributed by atoms with van der Waals surface area (Å²) in [5.74, 6) is 1.58. The van der Waals surface area contributed by atoms with Crippen molar-refractivity contribution in [2.24, 2.45) is 5.92 Å². The van der Waals surface area contributed by atoms with Crippen molar-refractivity contribution >= 4 is 23.2 Å². The van der Waals surface area contributed by atoms with Crippen LogP contribution in [0.15, 0.2) is 42.5 Å². The van der Waals surface area contributed by atoms with Gasteiger partial charge < -0.3 is 14.5 Å². The standard InChI is InChI=1S/C23H25ClN2O2/c1-28-17-8-9-21-19(14-17)23-18(20-3-2-11-25(20)21)10-12-26(23)22(27)13-15-4-6-16(24)7-5-15/h4-9,14,18,20,23H,2-3,10-13H2,1H3/t18-,20-,23-/m1/s1. The summed E-state index contributed by atoms with van der Waals surface area (Å²) >= 11 is 5.99. The molecule has 0 spiro atoms. The molecule has 28 heavy (non-hydrogen) atoms. The van der Waals surface area contributed by atoms with Crippen LogP contribution in [0.5, 0.6) is 5.75 Å². The van der Waals surface area contributed by atoms with Crippen LogP contribution in [0.4, 0.5) is 5.69 Å². The van der Waals surface area contributed by atoms with Gasteiger partial charge in [-0.15, -0.1) is 0 Å². The molecule has 2 aromatic carbocycles. The number of hydrogen-bond acceptors (Lipinski definition) is 3. The molecule has 3 atom stereocenters. The van der Waals surface area contributed by atoms with Crippen molar-refractivity contribution in [1.29, 1.82) is 0 Å². The number of halogens is 1. The van der Waals surface area contributed by atoms with Crippen LogP contribution in [0, 0.1) is 5.92 Å². The van der Waals surface area contributed by atoms with Crippen LogP contribution in [0.25, 0.3) is 0 Å². The highest BCUT2D eigenvalue weighted by Crippen LogP contribution is 2.52. The van der Waals surface area contributed by atoms with Crippen LogP contribution < -0.4 is 9.64 Å². The summed E-state index contributed by atoms with van der Waals surface area (Å²) in [7, 11) is 1.71. The van der Waals surface area contributed by atoms with Gasteiger partial charge in [-0.2, -0.15) is 0 Å². The molecule has 0 aliphatic carbocycles. The van der Waals surface area contributed by atoms with Crippen molar-refractivity contribution in [3.8, 4) is 5.75 Å². The quantitative estimate of drug-likeness (QED) is 0.767. The molecule has 1 amide bonds. The molecule has 0 bridgehead atoms. The van der Waals surface area contributed by atoms with E-state index in [-0.39, 0.29) is 11.9 Å². The normalized spacial score (nSPS) is 25.3. The van der Waals surface area contributed by atoms with E-state index in [0.717, 1.165) is 30.8 Å². The van der Waals surface area contributed by atoms with Gasteiger partial charge in [-0.3, -0.25) is 4.79 Å². The fourth-order valence-corrected chi connectivity index (χ4v) is 5.60. The third-order valence-corrected chi connectivity index (χ3v) is 6.94. The minimum Gasteiger partial charge on any atom is -0.497 e. The third-order valence-electron chi connectivity index (χ3n) is 6.69. The molecule has 3 aliphatic heterocycles. The van der Waals surface area contributed by atoms with Gasteiger partial charge in [0.15, 0.2) is 0 Å². The van der Waals surface area contributed by atoms with E-state index in [9.17, 15) is 4.79 Å². The number of methoxy groups -OCH3 is 1. The van der Waals surface area contributed by atoms with Crippen molar-refractivity contribution < 1.29 is 9.53 Å². The number of nitrogens with zero attached hydrogens (tertiary/aromatic N) is 2. The fourth-order valence-electron chi connectivity index (χ4n) is 5.47. The van der Waals surface area contributed by atoms with Gasteiger partial charge in [0.25, 0.3) is 0 Å². The van der Waals surface area contributed by atoms with Crippen LogP contribution in [-0.2, 0) is 11.2 Å². The Morgan fingerprint density at radius 3 is 2.75 bits per heavy atom. The molecule has 3 heterocycles. The molecular formula is C23H25ClN2O2. The second kappa shape index (κ2) is 7.00. The van der Waals surface area contributed by atoms with Gasteiger partial charge in [0.05, 0.1) is 19.6 Å². The van der Waals surface area contributed by atoms with Gasteiger partial charge in [-0.05, 0) is 55.2 Å². The molecule has 5 rings (SSSR count). The molecule has 3 aliphatic rings. The Morgan fingerprint density at radius 2 is 1.96 bits per heavy atom. The van der Waals surface area contributed by atoms with Crippen molar-refractivity contribution in [3.63, 3.8) is 0 Å². The van der Waals surface area contributed by atoms with Crippen LogP contribution in [-0.4, -0.2) is 37.0 Å². The second-order valence-electron chi connectivity index (χ2n) is 8.12. The third kappa shape index (κ3) is 2.86. The molecule has 2 saturated heterocycles. The van der Waals surface area contributed by atoms with E-state index >= 15 is 0 Å². The molecular weight excluding hydrogens is 372 g/mol. The fraction of sp³-hybridized carbons (Fsp3) is 0.435. The largest absolute Gasteiger partial charge is 0.497 e. The monoisotopic (exact) mass is 396 g/mol. The number of benzene rings is 2. The zero-order chi connectivity index (χ0) is 19.3. The summed E-state index contributed by atoms with van der Waals surface area (Å²) in [4.78, 5) is 17.9. The number of carbonyl (C=O) groups is 1. The van der Waals surface area contributed by atoms with Crippen LogP contribution >= 0.6 is 11.6 Å². The molecule has 0 N–H and O–H groups in total. The smallest absolute Gasteiger partial charge is 0.227 e. The van der Waals surface area contributed by atoms with Crippen LogP contribution in [0.2, 0.25) is 5.02 Å². The molecule has 146 valence electrons. The molecule has 5 heteroatoms. The Bertz CT molecular complexity index is 898. The number of fused-ring (bicyclic) bond motifs is 6. The summed E-state index contributed by atoms with van der Waals surface area (Å²) in [6.45, 7) is 1.95.